The van der Waals surface area contributed by atoms with Crippen LogP contribution in [0.1, 0.15) is 11.3 Å². The van der Waals surface area contributed by atoms with Crippen molar-refractivity contribution in [1.29, 1.82) is 0 Å². The first-order valence-electron chi connectivity index (χ1n) is 7.98. The summed E-state index contributed by atoms with van der Waals surface area (Å²) in [5, 5.41) is 4.06. The molecule has 1 aliphatic rings. The standard InChI is InChI=1S/C18H22N4O3/c1-13-11-22(12-19-13)15-6-5-14(9-16(15)23-3)10-17-18(20-24-4)21(2)7-8-25-17/h5-6,9-12H,7-8H2,1-4H3/b17-10-,20-18-. The molecule has 1 saturated heterocycles. The predicted molar refractivity (Wildman–Crippen MR) is 95.9 cm³/mol. The molecule has 1 fully saturated rings. The summed E-state index contributed by atoms with van der Waals surface area (Å²) < 4.78 is 13.3. The number of hydrogen-bond acceptors (Lipinski definition) is 5. The fraction of sp³-hybridized carbons (Fsp3) is 0.333. The molecule has 1 aliphatic heterocycles. The van der Waals surface area contributed by atoms with Gasteiger partial charge < -0.3 is 23.8 Å². The fourth-order valence-electron chi connectivity index (χ4n) is 2.66. The zero-order valence-electron chi connectivity index (χ0n) is 14.9. The van der Waals surface area contributed by atoms with E-state index in [4.69, 9.17) is 14.3 Å². The Morgan fingerprint density at radius 1 is 1.32 bits per heavy atom. The van der Waals surface area contributed by atoms with Crippen molar-refractivity contribution in [3.8, 4) is 11.4 Å². The van der Waals surface area contributed by atoms with Gasteiger partial charge >= 0.3 is 0 Å². The summed E-state index contributed by atoms with van der Waals surface area (Å²) >= 11 is 0. The molecule has 0 radical (unpaired) electrons. The summed E-state index contributed by atoms with van der Waals surface area (Å²) in [4.78, 5) is 11.2. The van der Waals surface area contributed by atoms with Gasteiger partial charge in [0.2, 0.25) is 5.84 Å². The van der Waals surface area contributed by atoms with Crippen molar-refractivity contribution >= 4 is 11.9 Å². The van der Waals surface area contributed by atoms with Crippen molar-refractivity contribution in [2.45, 2.75) is 6.92 Å². The molecule has 0 N–H and O–H groups in total. The molecule has 0 atom stereocenters. The summed E-state index contributed by atoms with van der Waals surface area (Å²) in [6.45, 7) is 3.33. The number of hydrogen-bond donors (Lipinski definition) is 0. The largest absolute Gasteiger partial charge is 0.495 e. The third-order valence-electron chi connectivity index (χ3n) is 3.94. The van der Waals surface area contributed by atoms with Crippen molar-refractivity contribution < 1.29 is 14.3 Å². The first kappa shape index (κ1) is 16.9. The Morgan fingerprint density at radius 2 is 2.16 bits per heavy atom. The Labute approximate surface area is 147 Å². The highest BCUT2D eigenvalue weighted by atomic mass is 16.6. The molecule has 0 unspecified atom stereocenters. The Bertz CT molecular complexity index is 810. The molecule has 3 rings (SSSR count). The zero-order valence-corrected chi connectivity index (χ0v) is 14.9. The van der Waals surface area contributed by atoms with Crippen LogP contribution in [-0.4, -0.2) is 54.7 Å². The molecule has 2 aromatic rings. The zero-order chi connectivity index (χ0) is 17.8. The smallest absolute Gasteiger partial charge is 0.210 e. The third kappa shape index (κ3) is 3.60. The second-order valence-corrected chi connectivity index (χ2v) is 5.73. The van der Waals surface area contributed by atoms with Gasteiger partial charge in [-0.3, -0.25) is 0 Å². The number of aryl methyl sites for hydroxylation is 1. The van der Waals surface area contributed by atoms with Crippen LogP contribution in [0.25, 0.3) is 11.8 Å². The van der Waals surface area contributed by atoms with Crippen LogP contribution in [0.2, 0.25) is 0 Å². The summed E-state index contributed by atoms with van der Waals surface area (Å²) in [6, 6.07) is 5.95. The Kier molecular flexibility index (Phi) is 4.92. The maximum absolute atomic E-state index is 5.76. The van der Waals surface area contributed by atoms with E-state index < -0.39 is 0 Å². The van der Waals surface area contributed by atoms with Gasteiger partial charge in [-0.25, -0.2) is 4.98 Å². The molecule has 0 bridgehead atoms. The van der Waals surface area contributed by atoms with Crippen LogP contribution in [0, 0.1) is 6.92 Å². The lowest BCUT2D eigenvalue weighted by atomic mass is 10.1. The molecular weight excluding hydrogens is 320 g/mol. The van der Waals surface area contributed by atoms with E-state index in [-0.39, 0.29) is 0 Å². The van der Waals surface area contributed by atoms with Crippen LogP contribution >= 0.6 is 0 Å². The molecule has 25 heavy (non-hydrogen) atoms. The van der Waals surface area contributed by atoms with Crippen molar-refractivity contribution in [3.05, 3.63) is 47.7 Å². The fourth-order valence-corrected chi connectivity index (χ4v) is 2.66. The first-order chi connectivity index (χ1) is 12.1. The number of likely N-dealkylation sites (N-methyl/N-ethyl adjacent to an activating group) is 1. The second-order valence-electron chi connectivity index (χ2n) is 5.73. The molecular formula is C18H22N4O3. The molecule has 0 amide bonds. The molecule has 0 saturated carbocycles. The molecule has 7 nitrogen and oxygen atoms in total. The van der Waals surface area contributed by atoms with E-state index in [2.05, 4.69) is 10.1 Å². The van der Waals surface area contributed by atoms with E-state index in [1.165, 1.54) is 7.11 Å². The SMILES string of the molecule is CO/N=C1/C(=C/c2ccc(-n3cnc(C)c3)c(OC)c2)OCCN1C. The summed E-state index contributed by atoms with van der Waals surface area (Å²) in [7, 11) is 5.14. The molecule has 1 aromatic heterocycles. The number of oxime groups is 1. The van der Waals surface area contributed by atoms with Crippen LogP contribution in [-0.2, 0) is 9.57 Å². The number of rotatable bonds is 4. The molecule has 7 heteroatoms. The Morgan fingerprint density at radius 3 is 2.84 bits per heavy atom. The Balaban J connectivity index is 1.96. The van der Waals surface area contributed by atoms with Crippen molar-refractivity contribution in [2.75, 3.05) is 34.4 Å². The number of amidine groups is 1. The first-order valence-corrected chi connectivity index (χ1v) is 7.98. The van der Waals surface area contributed by atoms with Gasteiger partial charge in [-0.15, -0.1) is 0 Å². The van der Waals surface area contributed by atoms with Crippen LogP contribution < -0.4 is 4.74 Å². The normalized spacial score (nSPS) is 17.7. The number of benzene rings is 1. The number of imidazole rings is 1. The minimum absolute atomic E-state index is 0.606. The number of morpholine rings is 1. The highest BCUT2D eigenvalue weighted by molar-refractivity contribution is 6.00. The van der Waals surface area contributed by atoms with Gasteiger partial charge in [-0.05, 0) is 30.7 Å². The lowest BCUT2D eigenvalue weighted by Gasteiger charge is -2.27. The highest BCUT2D eigenvalue weighted by Gasteiger charge is 2.20. The van der Waals surface area contributed by atoms with Crippen LogP contribution in [0.3, 0.4) is 0 Å². The summed E-state index contributed by atoms with van der Waals surface area (Å²) in [5.41, 5.74) is 2.83. The second kappa shape index (κ2) is 7.29. The van der Waals surface area contributed by atoms with Gasteiger partial charge in [0.05, 0.1) is 31.4 Å². The maximum Gasteiger partial charge on any atom is 0.210 e. The topological polar surface area (TPSA) is 61.1 Å². The molecule has 132 valence electrons. The molecule has 1 aromatic carbocycles. The number of methoxy groups -OCH3 is 1. The van der Waals surface area contributed by atoms with E-state index in [1.54, 1.807) is 13.4 Å². The van der Waals surface area contributed by atoms with Crippen molar-refractivity contribution in [2.24, 2.45) is 5.16 Å². The molecule has 0 aliphatic carbocycles. The molecule has 2 heterocycles. The third-order valence-corrected chi connectivity index (χ3v) is 3.94. The van der Waals surface area contributed by atoms with Gasteiger partial charge in [-0.2, -0.15) is 0 Å². The van der Waals surface area contributed by atoms with Gasteiger partial charge in [0.15, 0.2) is 5.76 Å². The van der Waals surface area contributed by atoms with Gasteiger partial charge in [0, 0.05) is 13.2 Å². The van der Waals surface area contributed by atoms with Crippen LogP contribution in [0.15, 0.2) is 41.6 Å². The lowest BCUT2D eigenvalue weighted by Crippen LogP contribution is -2.37. The average molecular weight is 342 g/mol. The van der Waals surface area contributed by atoms with Crippen LogP contribution in [0.5, 0.6) is 5.75 Å². The summed E-state index contributed by atoms with van der Waals surface area (Å²) in [6.07, 6.45) is 5.66. The monoisotopic (exact) mass is 342 g/mol. The highest BCUT2D eigenvalue weighted by Crippen LogP contribution is 2.26. The van der Waals surface area contributed by atoms with Crippen molar-refractivity contribution in [3.63, 3.8) is 0 Å². The van der Waals surface area contributed by atoms with E-state index >= 15 is 0 Å². The lowest BCUT2D eigenvalue weighted by molar-refractivity contribution is 0.161. The van der Waals surface area contributed by atoms with E-state index in [9.17, 15) is 0 Å². The quantitative estimate of drug-likeness (QED) is 0.799. The minimum atomic E-state index is 0.606. The van der Waals surface area contributed by atoms with E-state index in [0.29, 0.717) is 18.2 Å². The number of ether oxygens (including phenoxy) is 2. The average Bonchev–Trinajstić information content (AvgIpc) is 3.04. The molecule has 0 spiro atoms. The van der Waals surface area contributed by atoms with E-state index in [0.717, 1.165) is 29.2 Å². The minimum Gasteiger partial charge on any atom is -0.495 e. The number of nitrogens with zero attached hydrogens (tertiary/aromatic N) is 4. The van der Waals surface area contributed by atoms with Gasteiger partial charge in [0.25, 0.3) is 0 Å². The van der Waals surface area contributed by atoms with Crippen molar-refractivity contribution in [1.82, 2.24) is 14.5 Å². The maximum atomic E-state index is 5.76. The van der Waals surface area contributed by atoms with E-state index in [1.807, 2.05) is 53.9 Å². The number of aromatic nitrogens is 2. The predicted octanol–water partition coefficient (Wildman–Crippen LogP) is 2.45. The van der Waals surface area contributed by atoms with Crippen LogP contribution in [0.4, 0.5) is 0 Å². The van der Waals surface area contributed by atoms with Gasteiger partial charge in [0.1, 0.15) is 19.5 Å². The van der Waals surface area contributed by atoms with Gasteiger partial charge in [-0.1, -0.05) is 11.2 Å². The Hall–Kier alpha value is -2.96. The summed E-state index contributed by atoms with van der Waals surface area (Å²) in [5.74, 6) is 2.09.